The Kier molecular flexibility index (Phi) is 3.60. The van der Waals surface area contributed by atoms with E-state index in [1.54, 1.807) is 6.08 Å². The van der Waals surface area contributed by atoms with Crippen molar-refractivity contribution in [3.05, 3.63) is 23.5 Å². The van der Waals surface area contributed by atoms with Crippen LogP contribution in [0.15, 0.2) is 23.5 Å². The van der Waals surface area contributed by atoms with Crippen molar-refractivity contribution in [2.45, 2.75) is 20.3 Å². The van der Waals surface area contributed by atoms with Gasteiger partial charge in [-0.05, 0) is 19.4 Å². The van der Waals surface area contributed by atoms with Crippen LogP contribution in [-0.2, 0) is 0 Å². The molecule has 2 nitrogen and oxygen atoms in total. The molecule has 0 spiro atoms. The molecule has 0 amide bonds. The molecule has 0 bridgehead atoms. The van der Waals surface area contributed by atoms with Crippen molar-refractivity contribution in [2.24, 2.45) is 11.5 Å². The van der Waals surface area contributed by atoms with Crippen molar-refractivity contribution in [1.82, 2.24) is 0 Å². The molecule has 0 unspecified atom stereocenters. The third kappa shape index (κ3) is 3.64. The van der Waals surface area contributed by atoms with Crippen molar-refractivity contribution in [2.75, 3.05) is 0 Å². The van der Waals surface area contributed by atoms with Crippen LogP contribution in [0.25, 0.3) is 0 Å². The van der Waals surface area contributed by atoms with Gasteiger partial charge in [-0.1, -0.05) is 13.0 Å². The highest BCUT2D eigenvalue weighted by Gasteiger charge is 1.83. The van der Waals surface area contributed by atoms with Crippen molar-refractivity contribution in [3.63, 3.8) is 0 Å². The summed E-state index contributed by atoms with van der Waals surface area (Å²) in [6.45, 7) is 3.88. The Morgan fingerprint density at radius 1 is 1.44 bits per heavy atom. The zero-order valence-corrected chi connectivity index (χ0v) is 6.02. The Balaban J connectivity index is 3.95. The van der Waals surface area contributed by atoms with Gasteiger partial charge in [-0.25, -0.2) is 0 Å². The molecule has 0 atom stereocenters. The van der Waals surface area contributed by atoms with Gasteiger partial charge >= 0.3 is 0 Å². The van der Waals surface area contributed by atoms with E-state index in [-0.39, 0.29) is 0 Å². The first-order valence-corrected chi connectivity index (χ1v) is 3.08. The van der Waals surface area contributed by atoms with Crippen LogP contribution < -0.4 is 11.5 Å². The van der Waals surface area contributed by atoms with E-state index in [2.05, 4.69) is 0 Å². The fraction of sp³-hybridized carbons (Fsp3) is 0.429. The first-order chi connectivity index (χ1) is 4.20. The molecule has 0 fully saturated rings. The van der Waals surface area contributed by atoms with Gasteiger partial charge in [-0.15, -0.1) is 0 Å². The molecule has 0 rings (SSSR count). The fourth-order valence-corrected chi connectivity index (χ4v) is 0.399. The van der Waals surface area contributed by atoms with Crippen molar-refractivity contribution in [3.8, 4) is 0 Å². The zero-order chi connectivity index (χ0) is 7.28. The van der Waals surface area contributed by atoms with Gasteiger partial charge in [-0.2, -0.15) is 0 Å². The molecule has 0 saturated carbocycles. The smallest absolute Gasteiger partial charge is 0.0287 e. The molecule has 4 N–H and O–H groups in total. The zero-order valence-electron chi connectivity index (χ0n) is 6.02. The maximum absolute atomic E-state index is 5.49. The fourth-order valence-electron chi connectivity index (χ4n) is 0.399. The highest BCUT2D eigenvalue weighted by atomic mass is 14.6. The molecular formula is C7H14N2. The van der Waals surface area contributed by atoms with E-state index in [0.29, 0.717) is 0 Å². The van der Waals surface area contributed by atoms with E-state index in [0.717, 1.165) is 17.8 Å². The summed E-state index contributed by atoms with van der Waals surface area (Å²) in [6, 6.07) is 0. The minimum atomic E-state index is 0.731. The predicted molar refractivity (Wildman–Crippen MR) is 40.5 cm³/mol. The monoisotopic (exact) mass is 126 g/mol. The molecule has 0 saturated heterocycles. The van der Waals surface area contributed by atoms with Gasteiger partial charge in [0, 0.05) is 11.4 Å². The van der Waals surface area contributed by atoms with Gasteiger partial charge in [0.2, 0.25) is 0 Å². The van der Waals surface area contributed by atoms with Crippen LogP contribution in [-0.4, -0.2) is 0 Å². The van der Waals surface area contributed by atoms with Crippen LogP contribution in [0.3, 0.4) is 0 Å². The first-order valence-electron chi connectivity index (χ1n) is 3.08. The van der Waals surface area contributed by atoms with E-state index in [9.17, 15) is 0 Å². The van der Waals surface area contributed by atoms with Crippen LogP contribution in [0, 0.1) is 0 Å². The number of rotatable bonds is 2. The maximum Gasteiger partial charge on any atom is 0.0287 e. The molecule has 0 aliphatic heterocycles. The summed E-state index contributed by atoms with van der Waals surface area (Å²) in [4.78, 5) is 0. The molecule has 0 heterocycles. The molecule has 0 aliphatic rings. The third-order valence-electron chi connectivity index (χ3n) is 1.09. The first kappa shape index (κ1) is 8.08. The van der Waals surface area contributed by atoms with E-state index >= 15 is 0 Å². The lowest BCUT2D eigenvalue weighted by Gasteiger charge is -1.94. The lowest BCUT2D eigenvalue weighted by atomic mass is 10.3. The van der Waals surface area contributed by atoms with Crippen molar-refractivity contribution >= 4 is 0 Å². The van der Waals surface area contributed by atoms with Gasteiger partial charge in [0.25, 0.3) is 0 Å². The summed E-state index contributed by atoms with van der Waals surface area (Å²) < 4.78 is 0. The Bertz CT molecular complexity index is 134. The van der Waals surface area contributed by atoms with Crippen molar-refractivity contribution in [1.29, 1.82) is 0 Å². The molecule has 0 aromatic heterocycles. The van der Waals surface area contributed by atoms with Gasteiger partial charge in [-0.3, -0.25) is 0 Å². The van der Waals surface area contributed by atoms with E-state index < -0.39 is 0 Å². The van der Waals surface area contributed by atoms with Crippen LogP contribution in [0.2, 0.25) is 0 Å². The average molecular weight is 126 g/mol. The van der Waals surface area contributed by atoms with Gasteiger partial charge in [0.15, 0.2) is 0 Å². The third-order valence-corrected chi connectivity index (χ3v) is 1.09. The topological polar surface area (TPSA) is 52.0 Å². The largest absolute Gasteiger partial charge is 0.402 e. The highest BCUT2D eigenvalue weighted by Crippen LogP contribution is 1.94. The lowest BCUT2D eigenvalue weighted by Crippen LogP contribution is -1.99. The number of allylic oxidation sites excluding steroid dienone is 3. The minimum Gasteiger partial charge on any atom is -0.402 e. The maximum atomic E-state index is 5.49. The predicted octanol–water partition coefficient (Wildman–Crippen LogP) is 1.10. The molecular weight excluding hydrogens is 112 g/mol. The average Bonchev–Trinajstić information content (AvgIpc) is 1.87. The van der Waals surface area contributed by atoms with Crippen LogP contribution in [0.1, 0.15) is 20.3 Å². The standard InChI is InChI=1S/C7H14N2/c1-3-6(8)5-7(9)4-2/h3,5H,4,8-9H2,1-2H3/b6-3+,7-5+. The number of hydrogen-bond donors (Lipinski definition) is 2. The van der Waals surface area contributed by atoms with Gasteiger partial charge < -0.3 is 11.5 Å². The molecule has 0 aromatic rings. The quantitative estimate of drug-likeness (QED) is 0.544. The second-order valence-corrected chi connectivity index (χ2v) is 1.86. The SMILES string of the molecule is C/C=C(N)\C=C(\N)CC. The summed E-state index contributed by atoms with van der Waals surface area (Å²) in [5.74, 6) is 0. The normalized spacial score (nSPS) is 14.0. The second kappa shape index (κ2) is 4.01. The van der Waals surface area contributed by atoms with Crippen LogP contribution in [0.5, 0.6) is 0 Å². The number of nitrogens with two attached hydrogens (primary N) is 2. The van der Waals surface area contributed by atoms with E-state index in [1.807, 2.05) is 19.9 Å². The summed E-state index contributed by atoms with van der Waals surface area (Å²) in [5, 5.41) is 0. The van der Waals surface area contributed by atoms with Crippen LogP contribution in [0.4, 0.5) is 0 Å². The summed E-state index contributed by atoms with van der Waals surface area (Å²) in [6.07, 6.45) is 4.46. The lowest BCUT2D eigenvalue weighted by molar-refractivity contribution is 1.06. The second-order valence-electron chi connectivity index (χ2n) is 1.86. The molecule has 9 heavy (non-hydrogen) atoms. The summed E-state index contributed by atoms with van der Waals surface area (Å²) in [7, 11) is 0. The highest BCUT2D eigenvalue weighted by molar-refractivity contribution is 5.17. The van der Waals surface area contributed by atoms with E-state index in [1.165, 1.54) is 0 Å². The molecule has 0 aromatic carbocycles. The van der Waals surface area contributed by atoms with E-state index in [4.69, 9.17) is 11.5 Å². The summed E-state index contributed by atoms with van der Waals surface area (Å²) in [5.41, 5.74) is 12.5. The molecule has 2 heteroatoms. The Labute approximate surface area is 56.2 Å². The Morgan fingerprint density at radius 2 is 2.00 bits per heavy atom. The number of hydrogen-bond acceptors (Lipinski definition) is 2. The molecule has 0 radical (unpaired) electrons. The Hall–Kier alpha value is -0.920. The van der Waals surface area contributed by atoms with Gasteiger partial charge in [0.1, 0.15) is 0 Å². The van der Waals surface area contributed by atoms with Gasteiger partial charge in [0.05, 0.1) is 0 Å². The Morgan fingerprint density at radius 3 is 2.33 bits per heavy atom. The molecule has 52 valence electrons. The summed E-state index contributed by atoms with van der Waals surface area (Å²) >= 11 is 0. The molecule has 0 aliphatic carbocycles. The van der Waals surface area contributed by atoms with Crippen LogP contribution >= 0.6 is 0 Å². The minimum absolute atomic E-state index is 0.731. The van der Waals surface area contributed by atoms with Crippen molar-refractivity contribution < 1.29 is 0 Å².